The Hall–Kier alpha value is -3.17. The molecule has 0 fully saturated rings. The summed E-state index contributed by atoms with van der Waals surface area (Å²) in [6, 6.07) is 15.2. The number of aliphatic imine (C=N–C) groups is 1. The number of carbonyl (C=O) groups excluding carboxylic acids is 1. The number of aryl methyl sites for hydroxylation is 2. The third-order valence-electron chi connectivity index (χ3n) is 3.26. The van der Waals surface area contributed by atoms with E-state index in [-0.39, 0.29) is 0 Å². The van der Waals surface area contributed by atoms with E-state index < -0.39 is 5.97 Å². The van der Waals surface area contributed by atoms with Gasteiger partial charge in [-0.25, -0.2) is 10.2 Å². The van der Waals surface area contributed by atoms with Gasteiger partial charge in [0.15, 0.2) is 0 Å². The van der Waals surface area contributed by atoms with Crippen molar-refractivity contribution in [2.24, 2.45) is 4.99 Å². The Bertz CT molecular complexity index is 791. The lowest BCUT2D eigenvalue weighted by Crippen LogP contribution is -1.93. The molecule has 0 unspecified atom stereocenters. The molecule has 0 saturated heterocycles. The van der Waals surface area contributed by atoms with Crippen LogP contribution < -0.4 is 4.74 Å². The highest BCUT2D eigenvalue weighted by Gasteiger charge is 1.97. The van der Waals surface area contributed by atoms with E-state index in [4.69, 9.17) is 10.1 Å². The van der Waals surface area contributed by atoms with Crippen LogP contribution in [0.15, 0.2) is 53.5 Å². The molecule has 0 aliphatic heterocycles. The van der Waals surface area contributed by atoms with E-state index >= 15 is 0 Å². The Morgan fingerprint density at radius 1 is 1.16 bits per heavy atom. The molecule has 0 spiro atoms. The molecule has 2 rings (SSSR count). The van der Waals surface area contributed by atoms with E-state index in [1.807, 2.05) is 31.1 Å². The number of nitrogens with zero attached hydrogens (tertiary/aromatic N) is 1. The van der Waals surface area contributed by atoms with E-state index in [2.05, 4.69) is 22.7 Å². The third kappa shape index (κ3) is 6.85. The van der Waals surface area contributed by atoms with Gasteiger partial charge in [-0.15, -0.1) is 0 Å². The first-order chi connectivity index (χ1) is 12.0. The van der Waals surface area contributed by atoms with Gasteiger partial charge in [-0.1, -0.05) is 35.9 Å². The van der Waals surface area contributed by atoms with Crippen LogP contribution in [0.5, 0.6) is 5.75 Å². The van der Waals surface area contributed by atoms with Crippen LogP contribution in [0.4, 0.5) is 5.69 Å². The quantitative estimate of drug-likeness (QED) is 0.504. The Morgan fingerprint density at radius 2 is 1.88 bits per heavy atom. The van der Waals surface area contributed by atoms with Crippen LogP contribution in [0.1, 0.15) is 16.7 Å². The van der Waals surface area contributed by atoms with Crippen LogP contribution >= 0.6 is 0 Å². The fourth-order valence-corrected chi connectivity index (χ4v) is 2.04. The number of methoxy groups -OCH3 is 2. The molecular weight excluding hydrogens is 316 g/mol. The third-order valence-corrected chi connectivity index (χ3v) is 3.26. The normalized spacial score (nSPS) is 9.60. The van der Waals surface area contributed by atoms with Crippen LogP contribution in [0.3, 0.4) is 0 Å². The highest BCUT2D eigenvalue weighted by molar-refractivity contribution is 5.88. The monoisotopic (exact) mass is 338 g/mol. The number of esters is 1. The van der Waals surface area contributed by atoms with Crippen molar-refractivity contribution in [3.8, 4) is 5.75 Å². The maximum absolute atomic E-state index is 10.9. The number of ether oxygens (including phenoxy) is 2. The smallest absolute Gasteiger partial charge is 0.330 e. The molecule has 0 aromatic heterocycles. The molecule has 2 aromatic rings. The molecule has 0 radical (unpaired) electrons. The van der Waals surface area contributed by atoms with Crippen LogP contribution in [-0.4, -0.2) is 26.2 Å². The Labute approximate surface area is 148 Å². The molecular formula is C20H22N2O3. The minimum Gasteiger partial charge on any atom is -0.496 e. The SMILES string of the molecule is COC(=O)C=Cc1ccccc1N=C=N.COc1ccc(C)cc1C. The average molecular weight is 338 g/mol. The molecule has 2 aromatic carbocycles. The van der Waals surface area contributed by atoms with E-state index in [0.29, 0.717) is 5.69 Å². The Balaban J connectivity index is 0.000000271. The second-order valence-electron chi connectivity index (χ2n) is 5.11. The zero-order chi connectivity index (χ0) is 18.7. The van der Waals surface area contributed by atoms with E-state index in [1.165, 1.54) is 24.3 Å². The molecule has 5 heteroatoms. The first kappa shape index (κ1) is 19.9. The summed E-state index contributed by atoms with van der Waals surface area (Å²) in [7, 11) is 3.01. The average Bonchev–Trinajstić information content (AvgIpc) is 2.61. The standard InChI is InChI=1S/C11H10N2O2.C9H12O/c1-15-11(14)7-6-9-4-2-3-5-10(9)13-8-12;1-7-4-5-9(10-3)8(2)6-7/h2-7,12H,1H3;4-6H,1-3H3. The van der Waals surface area contributed by atoms with E-state index in [9.17, 15) is 4.79 Å². The number of nitrogens with one attached hydrogen (secondary N) is 1. The first-order valence-electron chi connectivity index (χ1n) is 7.60. The van der Waals surface area contributed by atoms with E-state index in [0.717, 1.165) is 11.3 Å². The van der Waals surface area contributed by atoms with E-state index in [1.54, 1.807) is 31.4 Å². The molecule has 0 bridgehead atoms. The lowest BCUT2D eigenvalue weighted by Gasteiger charge is -2.03. The largest absolute Gasteiger partial charge is 0.496 e. The Morgan fingerprint density at radius 3 is 2.48 bits per heavy atom. The van der Waals surface area contributed by atoms with Gasteiger partial charge in [0.25, 0.3) is 0 Å². The summed E-state index contributed by atoms with van der Waals surface area (Å²) in [5.74, 6) is 0.536. The summed E-state index contributed by atoms with van der Waals surface area (Å²) in [4.78, 5) is 14.6. The van der Waals surface area contributed by atoms with Crippen molar-refractivity contribution in [1.82, 2.24) is 0 Å². The molecule has 5 nitrogen and oxygen atoms in total. The number of rotatable bonds is 4. The minimum absolute atomic E-state index is 0.427. The predicted octanol–water partition coefficient (Wildman–Crippen LogP) is 4.57. The number of hydrogen-bond acceptors (Lipinski definition) is 5. The maximum Gasteiger partial charge on any atom is 0.330 e. The zero-order valence-electron chi connectivity index (χ0n) is 14.9. The lowest BCUT2D eigenvalue weighted by molar-refractivity contribution is -0.134. The van der Waals surface area contributed by atoms with Gasteiger partial charge in [-0.2, -0.15) is 4.99 Å². The summed E-state index contributed by atoms with van der Waals surface area (Å²) in [6.07, 6.45) is 2.89. The number of hydrogen-bond donors (Lipinski definition) is 1. The first-order valence-corrected chi connectivity index (χ1v) is 7.60. The highest BCUT2D eigenvalue weighted by atomic mass is 16.5. The van der Waals surface area contributed by atoms with Crippen molar-refractivity contribution in [2.45, 2.75) is 13.8 Å². The highest BCUT2D eigenvalue weighted by Crippen LogP contribution is 2.19. The van der Waals surface area contributed by atoms with Crippen LogP contribution in [-0.2, 0) is 9.53 Å². The van der Waals surface area contributed by atoms with Gasteiger partial charge >= 0.3 is 5.97 Å². The summed E-state index contributed by atoms with van der Waals surface area (Å²) in [6.45, 7) is 4.12. The number of para-hydroxylation sites is 1. The molecule has 0 heterocycles. The minimum atomic E-state index is -0.427. The maximum atomic E-state index is 10.9. The van der Waals surface area contributed by atoms with Gasteiger partial charge in [-0.3, -0.25) is 0 Å². The summed E-state index contributed by atoms with van der Waals surface area (Å²) < 4.78 is 9.56. The summed E-state index contributed by atoms with van der Waals surface area (Å²) >= 11 is 0. The fraction of sp³-hybridized carbons (Fsp3) is 0.200. The second-order valence-corrected chi connectivity index (χ2v) is 5.11. The van der Waals surface area contributed by atoms with Crippen LogP contribution in [0.25, 0.3) is 6.08 Å². The van der Waals surface area contributed by atoms with Crippen molar-refractivity contribution in [1.29, 1.82) is 5.41 Å². The number of benzene rings is 2. The van der Waals surface area contributed by atoms with Crippen LogP contribution in [0.2, 0.25) is 0 Å². The molecule has 0 aliphatic carbocycles. The van der Waals surface area contributed by atoms with Gasteiger partial charge in [-0.05, 0) is 37.6 Å². The zero-order valence-corrected chi connectivity index (χ0v) is 14.9. The van der Waals surface area contributed by atoms with Crippen molar-refractivity contribution >= 4 is 23.7 Å². The van der Waals surface area contributed by atoms with Gasteiger partial charge in [0, 0.05) is 11.6 Å². The molecule has 1 N–H and O–H groups in total. The van der Waals surface area contributed by atoms with Crippen molar-refractivity contribution in [3.63, 3.8) is 0 Å². The Kier molecular flexibility index (Phi) is 8.41. The van der Waals surface area contributed by atoms with Gasteiger partial charge in [0.05, 0.1) is 25.9 Å². The summed E-state index contributed by atoms with van der Waals surface area (Å²) in [5, 5.41) is 6.76. The van der Waals surface area contributed by atoms with Gasteiger partial charge in [0.2, 0.25) is 0 Å². The van der Waals surface area contributed by atoms with Gasteiger partial charge < -0.3 is 9.47 Å². The molecule has 25 heavy (non-hydrogen) atoms. The second kappa shape index (κ2) is 10.6. The van der Waals surface area contributed by atoms with Gasteiger partial charge in [0.1, 0.15) is 5.75 Å². The predicted molar refractivity (Wildman–Crippen MR) is 99.8 cm³/mol. The van der Waals surface area contributed by atoms with Crippen LogP contribution in [0, 0.1) is 19.3 Å². The molecule has 0 amide bonds. The van der Waals surface area contributed by atoms with Crippen molar-refractivity contribution in [3.05, 3.63) is 65.2 Å². The molecule has 0 aliphatic rings. The molecule has 0 saturated carbocycles. The lowest BCUT2D eigenvalue weighted by atomic mass is 10.1. The fourth-order valence-electron chi connectivity index (χ4n) is 2.04. The number of carbonyl (C=O) groups is 1. The van der Waals surface area contributed by atoms with Crippen molar-refractivity contribution in [2.75, 3.05) is 14.2 Å². The molecule has 0 atom stereocenters. The molecule has 130 valence electrons. The van der Waals surface area contributed by atoms with Crippen molar-refractivity contribution < 1.29 is 14.3 Å². The topological polar surface area (TPSA) is 71.7 Å². The summed E-state index contributed by atoms with van der Waals surface area (Å²) in [5.41, 5.74) is 3.80.